The molecule has 0 aliphatic rings. The van der Waals surface area contributed by atoms with Gasteiger partial charge in [0.2, 0.25) is 0 Å². The monoisotopic (exact) mass is 320 g/mol. The number of imidazole rings is 1. The van der Waals surface area contributed by atoms with Gasteiger partial charge in [0.25, 0.3) is 0 Å². The van der Waals surface area contributed by atoms with E-state index in [-0.39, 0.29) is 5.78 Å². The number of aromatic nitrogens is 2. The molecule has 0 saturated carbocycles. The number of hydrogen-bond donors (Lipinski definition) is 0. The molecule has 0 N–H and O–H groups in total. The van der Waals surface area contributed by atoms with Gasteiger partial charge >= 0.3 is 0 Å². The average molecular weight is 321 g/mol. The highest BCUT2D eigenvalue weighted by Crippen LogP contribution is 2.17. The van der Waals surface area contributed by atoms with Crippen LogP contribution in [0.2, 0.25) is 0 Å². The lowest BCUT2D eigenvalue weighted by Crippen LogP contribution is -2.10. The third-order valence-corrected chi connectivity index (χ3v) is 3.41. The minimum atomic E-state index is 0.105. The number of halogens is 1. The van der Waals surface area contributed by atoms with Crippen LogP contribution in [0.25, 0.3) is 0 Å². The summed E-state index contributed by atoms with van der Waals surface area (Å²) >= 11 is 3.43. The van der Waals surface area contributed by atoms with Gasteiger partial charge in [0, 0.05) is 29.0 Å². The molecule has 0 amide bonds. The Hall–Kier alpha value is -1.42. The smallest absolute Gasteiger partial charge is 0.170 e. The van der Waals surface area contributed by atoms with Gasteiger partial charge in [-0.3, -0.25) is 4.79 Å². The second kappa shape index (κ2) is 6.15. The number of hydrogen-bond acceptors (Lipinski definition) is 2. The third-order valence-electron chi connectivity index (χ3n) is 2.95. The Morgan fingerprint density at radius 2 is 2.16 bits per heavy atom. The van der Waals surface area contributed by atoms with Crippen LogP contribution in [0.3, 0.4) is 0 Å². The molecule has 0 radical (unpaired) electrons. The van der Waals surface area contributed by atoms with E-state index in [9.17, 15) is 4.79 Å². The number of carbonyl (C=O) groups excluding carboxylic acids is 1. The molecule has 0 spiro atoms. The van der Waals surface area contributed by atoms with Crippen molar-refractivity contribution in [1.29, 1.82) is 0 Å². The minimum absolute atomic E-state index is 0.105. The maximum atomic E-state index is 12.3. The summed E-state index contributed by atoms with van der Waals surface area (Å²) in [6.45, 7) is 5.00. The van der Waals surface area contributed by atoms with E-state index in [0.29, 0.717) is 6.42 Å². The van der Waals surface area contributed by atoms with Crippen molar-refractivity contribution >= 4 is 21.7 Å². The zero-order chi connectivity index (χ0) is 13.8. The molecule has 2 rings (SSSR count). The maximum absolute atomic E-state index is 12.3. The fourth-order valence-corrected chi connectivity index (χ4v) is 2.70. The molecule has 1 aromatic heterocycles. The normalized spacial score (nSPS) is 10.7. The van der Waals surface area contributed by atoms with Gasteiger partial charge in [-0.15, -0.1) is 0 Å². The molecule has 1 aromatic carbocycles. The Morgan fingerprint density at radius 1 is 1.37 bits per heavy atom. The number of carbonyl (C=O) groups is 1. The molecule has 0 aliphatic heterocycles. The van der Waals surface area contributed by atoms with E-state index in [2.05, 4.69) is 27.8 Å². The first-order valence-electron chi connectivity index (χ1n) is 6.40. The summed E-state index contributed by atoms with van der Waals surface area (Å²) in [7, 11) is 0. The number of rotatable bonds is 5. The predicted molar refractivity (Wildman–Crippen MR) is 79.4 cm³/mol. The molecule has 0 unspecified atom stereocenters. The van der Waals surface area contributed by atoms with Gasteiger partial charge in [0.15, 0.2) is 5.78 Å². The van der Waals surface area contributed by atoms with Gasteiger partial charge < -0.3 is 4.57 Å². The van der Waals surface area contributed by atoms with Crippen LogP contribution in [-0.2, 0) is 13.0 Å². The molecule has 0 aliphatic carbocycles. The van der Waals surface area contributed by atoms with Gasteiger partial charge in [-0.2, -0.15) is 0 Å². The van der Waals surface area contributed by atoms with Gasteiger partial charge in [-0.1, -0.05) is 22.9 Å². The summed E-state index contributed by atoms with van der Waals surface area (Å²) in [4.78, 5) is 16.6. The first-order chi connectivity index (χ1) is 9.10. The molecule has 3 nitrogen and oxygen atoms in total. The Labute approximate surface area is 121 Å². The van der Waals surface area contributed by atoms with E-state index in [1.54, 1.807) is 6.20 Å². The van der Waals surface area contributed by atoms with Crippen molar-refractivity contribution in [3.63, 3.8) is 0 Å². The first kappa shape index (κ1) is 14.0. The molecular formula is C15H17BrN2O. The van der Waals surface area contributed by atoms with Gasteiger partial charge in [-0.05, 0) is 37.1 Å². The number of ketones is 1. The number of aryl methyl sites for hydroxylation is 2. The van der Waals surface area contributed by atoms with Gasteiger partial charge in [-0.25, -0.2) is 4.98 Å². The largest absolute Gasteiger partial charge is 0.335 e. The molecule has 0 bridgehead atoms. The molecule has 0 fully saturated rings. The Kier molecular flexibility index (Phi) is 4.53. The highest BCUT2D eigenvalue weighted by molar-refractivity contribution is 9.10. The SMILES string of the molecule is CCCn1ccnc1CC(=O)c1cc(C)cc(Br)c1. The number of Topliss-reactive ketones (excluding diaryl/α,β-unsaturated/α-hetero) is 1. The molecule has 19 heavy (non-hydrogen) atoms. The van der Waals surface area contributed by atoms with Crippen LogP contribution in [0.4, 0.5) is 0 Å². The fraction of sp³-hybridized carbons (Fsp3) is 0.333. The molecule has 0 saturated heterocycles. The first-order valence-corrected chi connectivity index (χ1v) is 7.20. The zero-order valence-corrected chi connectivity index (χ0v) is 12.8. The standard InChI is InChI=1S/C15H17BrN2O/c1-3-5-18-6-4-17-15(18)10-14(19)12-7-11(2)8-13(16)9-12/h4,6-9H,3,5,10H2,1-2H3. The minimum Gasteiger partial charge on any atom is -0.335 e. The molecule has 4 heteroatoms. The quantitative estimate of drug-likeness (QED) is 0.785. The van der Waals surface area contributed by atoms with Crippen LogP contribution in [0.5, 0.6) is 0 Å². The van der Waals surface area contributed by atoms with Crippen LogP contribution in [0.1, 0.15) is 35.1 Å². The van der Waals surface area contributed by atoms with Gasteiger partial charge in [0.05, 0.1) is 6.42 Å². The Bertz CT molecular complexity index is 569. The van der Waals surface area contributed by atoms with Crippen LogP contribution >= 0.6 is 15.9 Å². The molecule has 0 atom stereocenters. The van der Waals surface area contributed by atoms with Crippen LogP contribution in [-0.4, -0.2) is 15.3 Å². The zero-order valence-electron chi connectivity index (χ0n) is 11.2. The second-order valence-electron chi connectivity index (χ2n) is 4.65. The third kappa shape index (κ3) is 3.53. The topological polar surface area (TPSA) is 34.9 Å². The summed E-state index contributed by atoms with van der Waals surface area (Å²) in [5, 5.41) is 0. The fourth-order valence-electron chi connectivity index (χ4n) is 2.09. The average Bonchev–Trinajstić information content (AvgIpc) is 2.76. The Morgan fingerprint density at radius 3 is 2.84 bits per heavy atom. The van der Waals surface area contributed by atoms with E-state index in [1.807, 2.05) is 35.9 Å². The van der Waals surface area contributed by atoms with Crippen molar-refractivity contribution in [2.45, 2.75) is 33.2 Å². The molecule has 2 aromatic rings. The number of benzene rings is 1. The second-order valence-corrected chi connectivity index (χ2v) is 5.57. The number of nitrogens with zero attached hydrogens (tertiary/aromatic N) is 2. The van der Waals surface area contributed by atoms with E-state index < -0.39 is 0 Å². The van der Waals surface area contributed by atoms with E-state index in [4.69, 9.17) is 0 Å². The lowest BCUT2D eigenvalue weighted by atomic mass is 10.1. The summed E-state index contributed by atoms with van der Waals surface area (Å²) in [5.74, 6) is 0.942. The lowest BCUT2D eigenvalue weighted by molar-refractivity contribution is 0.0989. The van der Waals surface area contributed by atoms with Crippen LogP contribution < -0.4 is 0 Å². The van der Waals surface area contributed by atoms with Crippen LogP contribution in [0.15, 0.2) is 35.1 Å². The van der Waals surface area contributed by atoms with Crippen molar-refractivity contribution in [3.8, 4) is 0 Å². The van der Waals surface area contributed by atoms with Crippen molar-refractivity contribution in [2.75, 3.05) is 0 Å². The predicted octanol–water partition coefficient (Wildman–Crippen LogP) is 3.79. The Balaban J connectivity index is 2.18. The van der Waals surface area contributed by atoms with E-state index >= 15 is 0 Å². The summed E-state index contributed by atoms with van der Waals surface area (Å²) in [6.07, 6.45) is 5.07. The lowest BCUT2D eigenvalue weighted by Gasteiger charge is -2.06. The molecular weight excluding hydrogens is 304 g/mol. The summed E-state index contributed by atoms with van der Waals surface area (Å²) < 4.78 is 2.98. The van der Waals surface area contributed by atoms with E-state index in [1.165, 1.54) is 0 Å². The van der Waals surface area contributed by atoms with Crippen molar-refractivity contribution < 1.29 is 4.79 Å². The van der Waals surface area contributed by atoms with Crippen LogP contribution in [0, 0.1) is 6.92 Å². The van der Waals surface area contributed by atoms with Gasteiger partial charge in [0.1, 0.15) is 5.82 Å². The molecule has 100 valence electrons. The van der Waals surface area contributed by atoms with Crippen molar-refractivity contribution in [1.82, 2.24) is 9.55 Å². The highest BCUT2D eigenvalue weighted by Gasteiger charge is 2.12. The van der Waals surface area contributed by atoms with Crippen molar-refractivity contribution in [3.05, 3.63) is 52.0 Å². The summed E-state index contributed by atoms with van der Waals surface area (Å²) in [6, 6.07) is 5.78. The van der Waals surface area contributed by atoms with E-state index in [0.717, 1.165) is 34.4 Å². The molecule has 1 heterocycles. The maximum Gasteiger partial charge on any atom is 0.170 e. The van der Waals surface area contributed by atoms with Crippen molar-refractivity contribution in [2.24, 2.45) is 0 Å². The summed E-state index contributed by atoms with van der Waals surface area (Å²) in [5.41, 5.74) is 1.81. The highest BCUT2D eigenvalue weighted by atomic mass is 79.9.